The van der Waals surface area contributed by atoms with Crippen LogP contribution >= 0.6 is 0 Å². The van der Waals surface area contributed by atoms with Gasteiger partial charge in [-0.15, -0.1) is 0 Å². The molecular formula is C15H22N2O2. The standard InChI is InChI=1S/C15H22N2O2/c1-10-6-7-11(8-10)9-17-15(18)14-12(16)4-3-5-13(14)19-2/h3-5,10-11H,6-9,16H2,1-2H3,(H,17,18). The number of hydrogen-bond donors (Lipinski definition) is 2. The van der Waals surface area contributed by atoms with Gasteiger partial charge in [0.2, 0.25) is 0 Å². The lowest BCUT2D eigenvalue weighted by Gasteiger charge is -2.14. The number of methoxy groups -OCH3 is 1. The monoisotopic (exact) mass is 262 g/mol. The molecule has 1 aromatic carbocycles. The molecule has 2 unspecified atom stereocenters. The van der Waals surface area contributed by atoms with Gasteiger partial charge in [0, 0.05) is 12.2 Å². The van der Waals surface area contributed by atoms with Crippen molar-refractivity contribution in [2.45, 2.75) is 26.2 Å². The molecule has 4 heteroatoms. The zero-order valence-corrected chi connectivity index (χ0v) is 11.6. The maximum Gasteiger partial charge on any atom is 0.257 e. The number of carbonyl (C=O) groups excluding carboxylic acids is 1. The third-order valence-electron chi connectivity index (χ3n) is 3.86. The number of amides is 1. The lowest BCUT2D eigenvalue weighted by Crippen LogP contribution is -2.29. The number of nitrogens with one attached hydrogen (secondary N) is 1. The Kier molecular flexibility index (Phi) is 4.30. The normalized spacial score (nSPS) is 22.2. The number of ether oxygens (including phenoxy) is 1. The summed E-state index contributed by atoms with van der Waals surface area (Å²) in [5.74, 6) is 1.75. The molecular weight excluding hydrogens is 240 g/mol. The fourth-order valence-electron chi connectivity index (χ4n) is 2.80. The summed E-state index contributed by atoms with van der Waals surface area (Å²) in [7, 11) is 1.55. The summed E-state index contributed by atoms with van der Waals surface area (Å²) in [6, 6.07) is 5.25. The first-order valence-electron chi connectivity index (χ1n) is 6.82. The molecule has 1 aromatic rings. The fourth-order valence-corrected chi connectivity index (χ4v) is 2.80. The van der Waals surface area contributed by atoms with E-state index in [2.05, 4.69) is 12.2 Å². The Hall–Kier alpha value is -1.71. The van der Waals surface area contributed by atoms with Crippen LogP contribution in [0.15, 0.2) is 18.2 Å². The summed E-state index contributed by atoms with van der Waals surface area (Å²) in [6.07, 6.45) is 3.65. The van der Waals surface area contributed by atoms with Crippen LogP contribution in [-0.4, -0.2) is 19.6 Å². The number of anilines is 1. The second-order valence-corrected chi connectivity index (χ2v) is 5.42. The van der Waals surface area contributed by atoms with Gasteiger partial charge < -0.3 is 15.8 Å². The zero-order valence-electron chi connectivity index (χ0n) is 11.6. The van der Waals surface area contributed by atoms with E-state index in [0.717, 1.165) is 12.5 Å². The highest BCUT2D eigenvalue weighted by Crippen LogP contribution is 2.30. The highest BCUT2D eigenvalue weighted by molar-refractivity contribution is 6.01. The van der Waals surface area contributed by atoms with E-state index in [-0.39, 0.29) is 5.91 Å². The minimum absolute atomic E-state index is 0.144. The number of rotatable bonds is 4. The second kappa shape index (κ2) is 5.95. The highest BCUT2D eigenvalue weighted by atomic mass is 16.5. The minimum atomic E-state index is -0.144. The number of nitrogens with two attached hydrogens (primary N) is 1. The van der Waals surface area contributed by atoms with Crippen molar-refractivity contribution in [3.8, 4) is 5.75 Å². The number of hydrogen-bond acceptors (Lipinski definition) is 3. The summed E-state index contributed by atoms with van der Waals surface area (Å²) in [4.78, 5) is 12.2. The van der Waals surface area contributed by atoms with Crippen molar-refractivity contribution in [3.63, 3.8) is 0 Å². The molecule has 0 radical (unpaired) electrons. The number of benzene rings is 1. The summed E-state index contributed by atoms with van der Waals surface area (Å²) in [6.45, 7) is 2.99. The summed E-state index contributed by atoms with van der Waals surface area (Å²) in [5.41, 5.74) is 6.76. The van der Waals surface area contributed by atoms with Crippen molar-refractivity contribution >= 4 is 11.6 Å². The molecule has 19 heavy (non-hydrogen) atoms. The van der Waals surface area contributed by atoms with Gasteiger partial charge in [-0.2, -0.15) is 0 Å². The maximum absolute atomic E-state index is 12.2. The Bertz CT molecular complexity index is 459. The fraction of sp³-hybridized carbons (Fsp3) is 0.533. The summed E-state index contributed by atoms with van der Waals surface area (Å²) < 4.78 is 5.20. The first-order valence-corrected chi connectivity index (χ1v) is 6.82. The van der Waals surface area contributed by atoms with E-state index in [0.29, 0.717) is 22.9 Å². The molecule has 3 N–H and O–H groups in total. The Morgan fingerprint density at radius 2 is 2.26 bits per heavy atom. The zero-order chi connectivity index (χ0) is 13.8. The largest absolute Gasteiger partial charge is 0.496 e. The topological polar surface area (TPSA) is 64.3 Å². The number of carbonyl (C=O) groups is 1. The van der Waals surface area contributed by atoms with Crippen molar-refractivity contribution < 1.29 is 9.53 Å². The van der Waals surface area contributed by atoms with E-state index in [1.807, 2.05) is 0 Å². The molecule has 2 rings (SSSR count). The van der Waals surface area contributed by atoms with Crippen LogP contribution < -0.4 is 15.8 Å². The van der Waals surface area contributed by atoms with Crippen molar-refractivity contribution in [1.82, 2.24) is 5.32 Å². The van der Waals surface area contributed by atoms with Crippen molar-refractivity contribution in [3.05, 3.63) is 23.8 Å². The average Bonchev–Trinajstić information content (AvgIpc) is 2.81. The third kappa shape index (κ3) is 3.19. The van der Waals surface area contributed by atoms with E-state index in [4.69, 9.17) is 10.5 Å². The number of nitrogen functional groups attached to an aromatic ring is 1. The molecule has 104 valence electrons. The molecule has 0 aromatic heterocycles. The molecule has 0 saturated heterocycles. The molecule has 4 nitrogen and oxygen atoms in total. The molecule has 0 spiro atoms. The van der Waals surface area contributed by atoms with E-state index in [1.165, 1.54) is 19.3 Å². The Labute approximate surface area is 114 Å². The quantitative estimate of drug-likeness (QED) is 0.819. The van der Waals surface area contributed by atoms with Crippen LogP contribution in [0.1, 0.15) is 36.5 Å². The Morgan fingerprint density at radius 1 is 1.47 bits per heavy atom. The van der Waals surface area contributed by atoms with Gasteiger partial charge in [0.25, 0.3) is 5.91 Å². The van der Waals surface area contributed by atoms with Crippen molar-refractivity contribution in [2.75, 3.05) is 19.4 Å². The molecule has 0 bridgehead atoms. The van der Waals surface area contributed by atoms with Gasteiger partial charge in [-0.1, -0.05) is 19.4 Å². The molecule has 1 amide bonds. The van der Waals surface area contributed by atoms with Gasteiger partial charge in [-0.05, 0) is 36.8 Å². The molecule has 0 aliphatic heterocycles. The predicted molar refractivity (Wildman–Crippen MR) is 76.2 cm³/mol. The molecule has 1 aliphatic rings. The van der Waals surface area contributed by atoms with Crippen LogP contribution in [0.25, 0.3) is 0 Å². The van der Waals surface area contributed by atoms with E-state index < -0.39 is 0 Å². The first kappa shape index (κ1) is 13.7. The van der Waals surface area contributed by atoms with Gasteiger partial charge in [0.15, 0.2) is 0 Å². The van der Waals surface area contributed by atoms with Crippen LogP contribution in [-0.2, 0) is 0 Å². The lowest BCUT2D eigenvalue weighted by atomic mass is 10.1. The molecule has 1 saturated carbocycles. The van der Waals surface area contributed by atoms with Crippen LogP contribution in [0.5, 0.6) is 5.75 Å². The van der Waals surface area contributed by atoms with Gasteiger partial charge in [0.1, 0.15) is 11.3 Å². The molecule has 2 atom stereocenters. The Morgan fingerprint density at radius 3 is 2.89 bits per heavy atom. The molecule has 1 aliphatic carbocycles. The summed E-state index contributed by atoms with van der Waals surface area (Å²) in [5, 5.41) is 2.98. The summed E-state index contributed by atoms with van der Waals surface area (Å²) >= 11 is 0. The van der Waals surface area contributed by atoms with Gasteiger partial charge in [0.05, 0.1) is 7.11 Å². The Balaban J connectivity index is 2.00. The molecule has 0 heterocycles. The SMILES string of the molecule is COc1cccc(N)c1C(=O)NCC1CCC(C)C1. The van der Waals surface area contributed by atoms with E-state index in [1.54, 1.807) is 25.3 Å². The minimum Gasteiger partial charge on any atom is -0.496 e. The second-order valence-electron chi connectivity index (χ2n) is 5.42. The van der Waals surface area contributed by atoms with E-state index >= 15 is 0 Å². The van der Waals surface area contributed by atoms with Crippen LogP contribution in [0, 0.1) is 11.8 Å². The van der Waals surface area contributed by atoms with Gasteiger partial charge in [-0.25, -0.2) is 0 Å². The lowest BCUT2D eigenvalue weighted by molar-refractivity contribution is 0.0945. The van der Waals surface area contributed by atoms with Gasteiger partial charge in [-0.3, -0.25) is 4.79 Å². The predicted octanol–water partition coefficient (Wildman–Crippen LogP) is 2.44. The average molecular weight is 262 g/mol. The van der Waals surface area contributed by atoms with E-state index in [9.17, 15) is 4.79 Å². The van der Waals surface area contributed by atoms with Crippen LogP contribution in [0.3, 0.4) is 0 Å². The van der Waals surface area contributed by atoms with Crippen LogP contribution in [0.4, 0.5) is 5.69 Å². The van der Waals surface area contributed by atoms with Crippen molar-refractivity contribution in [2.24, 2.45) is 11.8 Å². The van der Waals surface area contributed by atoms with Gasteiger partial charge >= 0.3 is 0 Å². The smallest absolute Gasteiger partial charge is 0.257 e. The van der Waals surface area contributed by atoms with Crippen molar-refractivity contribution in [1.29, 1.82) is 0 Å². The third-order valence-corrected chi connectivity index (χ3v) is 3.86. The maximum atomic E-state index is 12.2. The first-order chi connectivity index (χ1) is 9.11. The highest BCUT2D eigenvalue weighted by Gasteiger charge is 2.23. The van der Waals surface area contributed by atoms with Crippen LogP contribution in [0.2, 0.25) is 0 Å². The molecule has 1 fully saturated rings.